The monoisotopic (exact) mass is 335 g/mol. The fourth-order valence-corrected chi connectivity index (χ4v) is 2.53. The molecule has 0 amide bonds. The van der Waals surface area contributed by atoms with Crippen LogP contribution in [-0.4, -0.2) is 16.8 Å². The molecule has 0 fully saturated rings. The number of imidazole rings is 1. The molecule has 4 rings (SSSR count). The van der Waals surface area contributed by atoms with Gasteiger partial charge in [-0.1, -0.05) is 12.1 Å². The molecule has 0 saturated heterocycles. The average Bonchev–Trinajstić information content (AvgIpc) is 3.15. The summed E-state index contributed by atoms with van der Waals surface area (Å²) in [5.74, 6) is 1.72. The van der Waals surface area contributed by atoms with E-state index in [0.717, 1.165) is 17.6 Å². The lowest BCUT2D eigenvalue weighted by Gasteiger charge is -2.09. The Morgan fingerprint density at radius 1 is 1.12 bits per heavy atom. The van der Waals surface area contributed by atoms with Gasteiger partial charge in [-0.25, -0.2) is 4.98 Å². The number of hydrogen-bond acceptors (Lipinski definition) is 4. The first-order valence-corrected chi connectivity index (χ1v) is 7.18. The van der Waals surface area contributed by atoms with E-state index in [1.807, 2.05) is 0 Å². The second-order valence-electron chi connectivity index (χ2n) is 5.36. The first-order chi connectivity index (χ1) is 11.5. The van der Waals surface area contributed by atoms with Crippen molar-refractivity contribution < 1.29 is 22.6 Å². The minimum absolute atomic E-state index is 0.183. The van der Waals surface area contributed by atoms with Crippen molar-refractivity contribution in [3.8, 4) is 11.5 Å². The highest BCUT2D eigenvalue weighted by Gasteiger charge is 2.30. The van der Waals surface area contributed by atoms with Crippen LogP contribution in [0.3, 0.4) is 0 Å². The average molecular weight is 335 g/mol. The third-order valence-electron chi connectivity index (χ3n) is 3.69. The zero-order valence-electron chi connectivity index (χ0n) is 12.3. The zero-order valence-corrected chi connectivity index (χ0v) is 12.3. The molecule has 124 valence electrons. The van der Waals surface area contributed by atoms with Crippen LogP contribution >= 0.6 is 0 Å². The number of fused-ring (bicyclic) bond motifs is 2. The van der Waals surface area contributed by atoms with Gasteiger partial charge in [-0.05, 0) is 17.7 Å². The van der Waals surface area contributed by atoms with E-state index < -0.39 is 11.7 Å². The maximum Gasteiger partial charge on any atom is 0.416 e. The highest BCUT2D eigenvalue weighted by molar-refractivity contribution is 5.81. The van der Waals surface area contributed by atoms with Crippen LogP contribution in [0.15, 0.2) is 36.4 Å². The van der Waals surface area contributed by atoms with Crippen molar-refractivity contribution in [1.29, 1.82) is 0 Å². The summed E-state index contributed by atoms with van der Waals surface area (Å²) in [4.78, 5) is 7.41. The van der Waals surface area contributed by atoms with E-state index >= 15 is 0 Å². The Kier molecular flexibility index (Phi) is 3.26. The maximum absolute atomic E-state index is 12.7. The number of rotatable bonds is 3. The van der Waals surface area contributed by atoms with E-state index in [9.17, 15) is 13.2 Å². The van der Waals surface area contributed by atoms with Crippen molar-refractivity contribution in [1.82, 2.24) is 9.97 Å². The third-order valence-corrected chi connectivity index (χ3v) is 3.69. The number of H-pyrrole nitrogens is 1. The van der Waals surface area contributed by atoms with E-state index in [4.69, 9.17) is 9.47 Å². The van der Waals surface area contributed by atoms with Crippen molar-refractivity contribution >= 4 is 17.0 Å². The molecule has 0 saturated carbocycles. The number of anilines is 1. The molecule has 2 N–H and O–H groups in total. The summed E-state index contributed by atoms with van der Waals surface area (Å²) in [6.45, 7) is 0.402. The molecule has 0 spiro atoms. The second kappa shape index (κ2) is 5.33. The first-order valence-electron chi connectivity index (χ1n) is 7.18. The van der Waals surface area contributed by atoms with Crippen molar-refractivity contribution in [2.24, 2.45) is 0 Å². The fraction of sp³-hybridized carbons (Fsp3) is 0.188. The van der Waals surface area contributed by atoms with Crippen molar-refractivity contribution in [2.75, 3.05) is 12.1 Å². The van der Waals surface area contributed by atoms with Crippen molar-refractivity contribution in [2.45, 2.75) is 12.7 Å². The van der Waals surface area contributed by atoms with Gasteiger partial charge in [-0.2, -0.15) is 13.2 Å². The largest absolute Gasteiger partial charge is 0.454 e. The standard InChI is InChI=1S/C16H12F3N3O2/c17-16(18,19)10-3-1-2-9(4-10)7-20-15-21-11-5-13-14(24-8-23-13)6-12(11)22-15/h1-6H,7-8H2,(H2,20,21,22). The second-order valence-corrected chi connectivity index (χ2v) is 5.36. The number of aromatic amines is 1. The predicted octanol–water partition coefficient (Wildman–Crippen LogP) is 3.92. The summed E-state index contributed by atoms with van der Waals surface area (Å²) >= 11 is 0. The number of nitrogens with zero attached hydrogens (tertiary/aromatic N) is 1. The quantitative estimate of drug-likeness (QED) is 0.762. The highest BCUT2D eigenvalue weighted by Crippen LogP contribution is 2.35. The van der Waals surface area contributed by atoms with Crippen molar-refractivity contribution in [3.63, 3.8) is 0 Å². The van der Waals surface area contributed by atoms with Crippen LogP contribution in [0.5, 0.6) is 11.5 Å². The van der Waals surface area contributed by atoms with E-state index in [1.54, 1.807) is 18.2 Å². The topological polar surface area (TPSA) is 59.2 Å². The van der Waals surface area contributed by atoms with Gasteiger partial charge < -0.3 is 19.8 Å². The van der Waals surface area contributed by atoms with E-state index in [2.05, 4.69) is 15.3 Å². The van der Waals surface area contributed by atoms with Gasteiger partial charge in [0.05, 0.1) is 16.6 Å². The Bertz CT molecular complexity index is 864. The van der Waals surface area contributed by atoms with Crippen LogP contribution in [0.1, 0.15) is 11.1 Å². The fourth-order valence-electron chi connectivity index (χ4n) is 2.53. The van der Waals surface area contributed by atoms with E-state index in [0.29, 0.717) is 28.5 Å². The summed E-state index contributed by atoms with van der Waals surface area (Å²) < 4.78 is 48.7. The van der Waals surface area contributed by atoms with E-state index in [-0.39, 0.29) is 13.3 Å². The zero-order chi connectivity index (χ0) is 16.7. The van der Waals surface area contributed by atoms with Gasteiger partial charge in [0.2, 0.25) is 12.7 Å². The van der Waals surface area contributed by atoms with Gasteiger partial charge in [0.1, 0.15) is 0 Å². The molecule has 2 aromatic carbocycles. The molecule has 2 heterocycles. The first kappa shape index (κ1) is 14.7. The molecule has 8 heteroatoms. The smallest absolute Gasteiger partial charge is 0.416 e. The van der Waals surface area contributed by atoms with Gasteiger partial charge in [-0.15, -0.1) is 0 Å². The van der Waals surface area contributed by atoms with Gasteiger partial charge >= 0.3 is 6.18 Å². The minimum Gasteiger partial charge on any atom is -0.454 e. The molecule has 24 heavy (non-hydrogen) atoms. The van der Waals surface area contributed by atoms with Gasteiger partial charge in [0, 0.05) is 18.7 Å². The van der Waals surface area contributed by atoms with Crippen molar-refractivity contribution in [3.05, 3.63) is 47.5 Å². The lowest BCUT2D eigenvalue weighted by Crippen LogP contribution is -2.07. The summed E-state index contributed by atoms with van der Waals surface area (Å²) in [6.07, 6.45) is -4.35. The Labute approximate surface area is 134 Å². The number of ether oxygens (including phenoxy) is 2. The molecule has 1 aliphatic heterocycles. The Hall–Kier alpha value is -2.90. The van der Waals surface area contributed by atoms with Gasteiger partial charge in [-0.3, -0.25) is 0 Å². The molecular formula is C16H12F3N3O2. The lowest BCUT2D eigenvalue weighted by atomic mass is 10.1. The van der Waals surface area contributed by atoms with Crippen LogP contribution in [0.25, 0.3) is 11.0 Å². The summed E-state index contributed by atoms with van der Waals surface area (Å²) in [5, 5.41) is 2.99. The van der Waals surface area contributed by atoms with Gasteiger partial charge in [0.25, 0.3) is 0 Å². The molecule has 0 unspecified atom stereocenters. The molecule has 0 aliphatic carbocycles. The normalized spacial score (nSPS) is 13.5. The van der Waals surface area contributed by atoms with Crippen LogP contribution in [-0.2, 0) is 12.7 Å². The number of nitrogens with one attached hydrogen (secondary N) is 2. The van der Waals surface area contributed by atoms with E-state index in [1.165, 1.54) is 6.07 Å². The summed E-state index contributed by atoms with van der Waals surface area (Å²) in [5.41, 5.74) is 1.29. The summed E-state index contributed by atoms with van der Waals surface area (Å²) in [6, 6.07) is 8.71. The molecule has 1 aromatic heterocycles. The highest BCUT2D eigenvalue weighted by atomic mass is 19.4. The van der Waals surface area contributed by atoms with Crippen LogP contribution in [0.4, 0.5) is 19.1 Å². The number of benzene rings is 2. The Morgan fingerprint density at radius 2 is 1.92 bits per heavy atom. The maximum atomic E-state index is 12.7. The number of halogens is 3. The van der Waals surface area contributed by atoms with Crippen LogP contribution in [0, 0.1) is 0 Å². The lowest BCUT2D eigenvalue weighted by molar-refractivity contribution is -0.137. The molecule has 0 radical (unpaired) electrons. The number of aromatic nitrogens is 2. The Balaban J connectivity index is 1.53. The SMILES string of the molecule is FC(F)(F)c1cccc(CNc2nc3cc4c(cc3[nH]2)OCO4)c1. The molecular weight excluding hydrogens is 323 g/mol. The minimum atomic E-state index is -4.35. The molecule has 0 bridgehead atoms. The molecule has 5 nitrogen and oxygen atoms in total. The molecule has 0 atom stereocenters. The van der Waals surface area contributed by atoms with Crippen LogP contribution < -0.4 is 14.8 Å². The third kappa shape index (κ3) is 2.70. The number of hydrogen-bond donors (Lipinski definition) is 2. The van der Waals surface area contributed by atoms with Crippen LogP contribution in [0.2, 0.25) is 0 Å². The molecule has 1 aliphatic rings. The Morgan fingerprint density at radius 3 is 2.71 bits per heavy atom. The molecule has 3 aromatic rings. The predicted molar refractivity (Wildman–Crippen MR) is 81.0 cm³/mol. The summed E-state index contributed by atoms with van der Waals surface area (Å²) in [7, 11) is 0. The van der Waals surface area contributed by atoms with Gasteiger partial charge in [0.15, 0.2) is 11.5 Å². The number of alkyl halides is 3.